The highest BCUT2D eigenvalue weighted by atomic mass is 16.1. The van der Waals surface area contributed by atoms with E-state index in [-0.39, 0.29) is 0 Å². The van der Waals surface area contributed by atoms with E-state index in [1.165, 1.54) is 131 Å². The normalized spacial score (nSPS) is 17.6. The molecule has 43 heavy (non-hydrogen) atoms. The molecule has 5 heteroatoms. The van der Waals surface area contributed by atoms with Gasteiger partial charge in [-0.2, -0.15) is 9.98 Å². The van der Waals surface area contributed by atoms with Crippen LogP contribution in [0.3, 0.4) is 0 Å². The van der Waals surface area contributed by atoms with E-state index in [1.54, 1.807) is 12.2 Å². The van der Waals surface area contributed by atoms with E-state index in [0.717, 1.165) is 68.4 Å². The number of benzene rings is 3. The van der Waals surface area contributed by atoms with Gasteiger partial charge in [0.2, 0.25) is 12.2 Å². The highest BCUT2D eigenvalue weighted by Gasteiger charge is 2.25. The van der Waals surface area contributed by atoms with Gasteiger partial charge < -0.3 is 5.73 Å². The van der Waals surface area contributed by atoms with Gasteiger partial charge in [0.05, 0.1) is 11.4 Å². The van der Waals surface area contributed by atoms with Crippen LogP contribution < -0.4 is 5.73 Å². The Morgan fingerprint density at radius 3 is 0.953 bits per heavy atom. The van der Waals surface area contributed by atoms with Crippen molar-refractivity contribution in [3.8, 4) is 0 Å². The van der Waals surface area contributed by atoms with Crippen LogP contribution in [-0.4, -0.2) is 12.2 Å². The predicted octanol–water partition coefficient (Wildman–Crippen LogP) is 7.51. The molecular weight excluding hydrogens is 530 g/mol. The maximum Gasteiger partial charge on any atom is 0.240 e. The van der Waals surface area contributed by atoms with Gasteiger partial charge in [-0.1, -0.05) is 18.2 Å². The van der Waals surface area contributed by atoms with Crippen molar-refractivity contribution in [1.29, 1.82) is 0 Å². The van der Waals surface area contributed by atoms with E-state index in [2.05, 4.69) is 28.2 Å². The van der Waals surface area contributed by atoms with Crippen LogP contribution in [0.1, 0.15) is 105 Å². The summed E-state index contributed by atoms with van der Waals surface area (Å²) in [5.41, 5.74) is 26.2. The minimum Gasteiger partial charge on any atom is -0.398 e. The van der Waals surface area contributed by atoms with Gasteiger partial charge in [0, 0.05) is 5.69 Å². The maximum atomic E-state index is 10.5. The molecule has 0 aliphatic heterocycles. The summed E-state index contributed by atoms with van der Waals surface area (Å²) < 4.78 is 0. The number of fused-ring (bicyclic) bond motifs is 6. The molecule has 9 rings (SSSR count). The number of nitrogens with two attached hydrogens (primary N) is 1. The Bertz CT molecular complexity index is 1520. The van der Waals surface area contributed by atoms with E-state index in [4.69, 9.17) is 5.73 Å². The van der Waals surface area contributed by atoms with E-state index in [0.29, 0.717) is 0 Å². The number of hydrogen-bond acceptors (Lipinski definition) is 5. The minimum absolute atomic E-state index is 0.965. The first-order valence-electron chi connectivity index (χ1n) is 16.6. The van der Waals surface area contributed by atoms with Crippen LogP contribution in [0.2, 0.25) is 0 Å². The van der Waals surface area contributed by atoms with Crippen molar-refractivity contribution in [3.63, 3.8) is 0 Å². The molecule has 6 aliphatic rings. The molecule has 0 saturated heterocycles. The van der Waals surface area contributed by atoms with Crippen LogP contribution in [0.25, 0.3) is 0 Å². The van der Waals surface area contributed by atoms with Gasteiger partial charge in [0.25, 0.3) is 0 Å². The van der Waals surface area contributed by atoms with Gasteiger partial charge in [-0.15, -0.1) is 0 Å². The minimum atomic E-state index is 0.965. The zero-order valence-electron chi connectivity index (χ0n) is 25.2. The zero-order chi connectivity index (χ0) is 29.3. The molecule has 0 fully saturated rings. The first kappa shape index (κ1) is 28.0. The van der Waals surface area contributed by atoms with Crippen molar-refractivity contribution in [2.75, 3.05) is 5.73 Å². The number of hydrogen-bond donors (Lipinski definition) is 1. The highest BCUT2D eigenvalue weighted by Crippen LogP contribution is 2.41. The smallest absolute Gasteiger partial charge is 0.240 e. The molecular formula is C38H41N3O2. The maximum absolute atomic E-state index is 10.5. The number of nitrogen functional groups attached to an aromatic ring is 1. The molecule has 0 radical (unpaired) electrons. The van der Waals surface area contributed by atoms with Gasteiger partial charge in [0.1, 0.15) is 0 Å². The molecule has 220 valence electrons. The summed E-state index contributed by atoms with van der Waals surface area (Å²) in [6.45, 7) is 0. The van der Waals surface area contributed by atoms with Crippen molar-refractivity contribution >= 4 is 29.2 Å². The Balaban J connectivity index is 0.000000105. The first-order chi connectivity index (χ1) is 21.2. The number of nitrogens with zero attached hydrogens (tertiary/aromatic N) is 2. The second kappa shape index (κ2) is 12.1. The van der Waals surface area contributed by atoms with Gasteiger partial charge in [0.15, 0.2) is 0 Å². The molecule has 0 aromatic heterocycles. The Morgan fingerprint density at radius 1 is 0.419 bits per heavy atom. The summed E-state index contributed by atoms with van der Waals surface area (Å²) in [5, 5.41) is 0. The summed E-state index contributed by atoms with van der Waals surface area (Å²) in [6.07, 6.45) is 24.8. The third-order valence-electron chi connectivity index (χ3n) is 10.7. The third-order valence-corrected chi connectivity index (χ3v) is 10.7. The average molecular weight is 572 g/mol. The largest absolute Gasteiger partial charge is 0.398 e. The standard InChI is InChI=1S/2C13H13NO.C12H15N/c2*15-8-14-13-11-5-1-3-9(11)7-10-4-2-6-12(10)13;13-12-10-5-1-3-8(10)7-9-4-2-6-11(9)12/h2*7H,1-6H2;7H,1-6,13H2. The molecule has 0 unspecified atom stereocenters. The number of aryl methyl sites for hydroxylation is 6. The SMILES string of the molecule is Nc1c2c(cc3c1CCC3)CCC2.O=C=Nc1c2c(cc3c1CCC3)CCC2.O=C=Nc1c2c(cc3c1CCC3)CCC2. The van der Waals surface area contributed by atoms with Crippen molar-refractivity contribution in [3.05, 3.63) is 85.0 Å². The van der Waals surface area contributed by atoms with Crippen LogP contribution in [0, 0.1) is 0 Å². The number of carbonyl (C=O) groups excluding carboxylic acids is 2. The molecule has 0 saturated carbocycles. The second-order valence-corrected chi connectivity index (χ2v) is 13.1. The first-order valence-corrected chi connectivity index (χ1v) is 16.6. The monoisotopic (exact) mass is 571 g/mol. The van der Waals surface area contributed by atoms with Crippen LogP contribution >= 0.6 is 0 Å². The Labute approximate surface area is 254 Å². The molecule has 2 N–H and O–H groups in total. The molecule has 6 aliphatic carbocycles. The van der Waals surface area contributed by atoms with Crippen molar-refractivity contribution in [2.45, 2.75) is 116 Å². The lowest BCUT2D eigenvalue weighted by molar-refractivity contribution is 0.564. The average Bonchev–Trinajstić information content (AvgIpc) is 3.86. The van der Waals surface area contributed by atoms with Crippen LogP contribution in [0.5, 0.6) is 0 Å². The Hall–Kier alpha value is -3.78. The van der Waals surface area contributed by atoms with Crippen LogP contribution in [-0.2, 0) is 86.6 Å². The summed E-state index contributed by atoms with van der Waals surface area (Å²) in [4.78, 5) is 28.9. The van der Waals surface area contributed by atoms with Crippen LogP contribution in [0.15, 0.2) is 28.2 Å². The van der Waals surface area contributed by atoms with E-state index in [9.17, 15) is 9.59 Å². The third kappa shape index (κ3) is 5.20. The summed E-state index contributed by atoms with van der Waals surface area (Å²) in [5.74, 6) is 0. The molecule has 0 amide bonds. The molecule has 0 spiro atoms. The fourth-order valence-electron chi connectivity index (χ4n) is 8.79. The molecule has 5 nitrogen and oxygen atoms in total. The van der Waals surface area contributed by atoms with Crippen molar-refractivity contribution in [1.82, 2.24) is 0 Å². The Morgan fingerprint density at radius 2 is 0.674 bits per heavy atom. The number of anilines is 1. The summed E-state index contributed by atoms with van der Waals surface area (Å²) in [7, 11) is 0. The van der Waals surface area contributed by atoms with Gasteiger partial charge in [-0.3, -0.25) is 0 Å². The molecule has 3 aromatic rings. The van der Waals surface area contributed by atoms with Gasteiger partial charge in [-0.05, 0) is 182 Å². The van der Waals surface area contributed by atoms with Crippen molar-refractivity contribution < 1.29 is 9.59 Å². The predicted molar refractivity (Wildman–Crippen MR) is 171 cm³/mol. The summed E-state index contributed by atoms with van der Waals surface area (Å²) in [6, 6.07) is 7.10. The van der Waals surface area contributed by atoms with E-state index in [1.807, 2.05) is 0 Å². The quantitative estimate of drug-likeness (QED) is 0.196. The lowest BCUT2D eigenvalue weighted by Crippen LogP contribution is -1.99. The number of aliphatic imine (C=N–C) groups is 2. The second-order valence-electron chi connectivity index (χ2n) is 13.1. The fraction of sp³-hybridized carbons (Fsp3) is 0.474. The van der Waals surface area contributed by atoms with Crippen molar-refractivity contribution in [2.24, 2.45) is 9.98 Å². The van der Waals surface area contributed by atoms with Gasteiger partial charge >= 0.3 is 0 Å². The van der Waals surface area contributed by atoms with E-state index >= 15 is 0 Å². The highest BCUT2D eigenvalue weighted by molar-refractivity contribution is 5.67. The summed E-state index contributed by atoms with van der Waals surface area (Å²) >= 11 is 0. The van der Waals surface area contributed by atoms with Gasteiger partial charge in [-0.25, -0.2) is 9.59 Å². The Kier molecular flexibility index (Phi) is 7.87. The topological polar surface area (TPSA) is 84.9 Å². The molecule has 0 bridgehead atoms. The lowest BCUT2D eigenvalue weighted by atomic mass is 9.99. The molecule has 0 atom stereocenters. The fourth-order valence-corrected chi connectivity index (χ4v) is 8.79. The van der Waals surface area contributed by atoms with Crippen LogP contribution in [0.4, 0.5) is 17.1 Å². The molecule has 0 heterocycles. The number of isocyanates is 2. The molecule has 3 aromatic carbocycles. The zero-order valence-corrected chi connectivity index (χ0v) is 25.2. The lowest BCUT2D eigenvalue weighted by Gasteiger charge is -2.10. The van der Waals surface area contributed by atoms with E-state index < -0.39 is 0 Å². The number of rotatable bonds is 2.